The van der Waals surface area contributed by atoms with Gasteiger partial charge in [-0.15, -0.1) is 0 Å². The fraction of sp³-hybridized carbons (Fsp3) is 0.273. The summed E-state index contributed by atoms with van der Waals surface area (Å²) < 4.78 is 0. The van der Waals surface area contributed by atoms with Gasteiger partial charge in [0, 0.05) is 12.3 Å². The summed E-state index contributed by atoms with van der Waals surface area (Å²) in [5, 5.41) is 11.1. The van der Waals surface area contributed by atoms with Crippen molar-refractivity contribution in [3.63, 3.8) is 0 Å². The molecule has 0 heterocycles. The highest BCUT2D eigenvalue weighted by molar-refractivity contribution is 5.93. The van der Waals surface area contributed by atoms with Crippen LogP contribution < -0.4 is 11.1 Å². The summed E-state index contributed by atoms with van der Waals surface area (Å²) in [6.45, 7) is -0.157. The van der Waals surface area contributed by atoms with Crippen LogP contribution >= 0.6 is 0 Å². The molecule has 1 aromatic rings. The third-order valence-corrected chi connectivity index (χ3v) is 2.19. The summed E-state index contributed by atoms with van der Waals surface area (Å²) in [5.74, 6) is -0.809. The first-order chi connectivity index (χ1) is 7.63. The maximum atomic E-state index is 11.3. The lowest BCUT2D eigenvalue weighted by atomic mass is 9.96. The highest BCUT2D eigenvalue weighted by atomic mass is 16.3. The molecular formula is C11H14N2O3. The van der Waals surface area contributed by atoms with Crippen LogP contribution in [0.2, 0.25) is 0 Å². The van der Waals surface area contributed by atoms with Gasteiger partial charge < -0.3 is 10.8 Å². The number of primary amides is 1. The van der Waals surface area contributed by atoms with E-state index < -0.39 is 11.9 Å². The predicted molar refractivity (Wildman–Crippen MR) is 58.6 cm³/mol. The van der Waals surface area contributed by atoms with E-state index in [-0.39, 0.29) is 18.9 Å². The molecule has 0 spiro atoms. The molecule has 16 heavy (non-hydrogen) atoms. The molecule has 0 saturated heterocycles. The van der Waals surface area contributed by atoms with E-state index in [4.69, 9.17) is 10.8 Å². The Hall–Kier alpha value is -1.88. The van der Waals surface area contributed by atoms with Gasteiger partial charge in [-0.3, -0.25) is 10.1 Å². The fourth-order valence-electron chi connectivity index (χ4n) is 1.43. The van der Waals surface area contributed by atoms with Crippen molar-refractivity contribution in [3.05, 3.63) is 35.9 Å². The Balaban J connectivity index is 2.63. The molecule has 4 N–H and O–H groups in total. The van der Waals surface area contributed by atoms with Gasteiger partial charge in [0.05, 0.1) is 6.61 Å². The number of hydrogen-bond acceptors (Lipinski definition) is 3. The van der Waals surface area contributed by atoms with E-state index in [2.05, 4.69) is 0 Å². The minimum absolute atomic E-state index is 0.0312. The Bertz CT molecular complexity index is 365. The van der Waals surface area contributed by atoms with Crippen molar-refractivity contribution in [1.29, 1.82) is 0 Å². The van der Waals surface area contributed by atoms with Gasteiger partial charge in [0.25, 0.3) is 0 Å². The lowest BCUT2D eigenvalue weighted by Gasteiger charge is -2.13. The Kier molecular flexibility index (Phi) is 4.47. The number of urea groups is 1. The summed E-state index contributed by atoms with van der Waals surface area (Å²) >= 11 is 0. The van der Waals surface area contributed by atoms with Gasteiger partial charge in [0.2, 0.25) is 5.91 Å². The molecule has 1 atom stereocenters. The molecule has 0 radical (unpaired) electrons. The van der Waals surface area contributed by atoms with Crippen molar-refractivity contribution in [1.82, 2.24) is 5.32 Å². The van der Waals surface area contributed by atoms with Crippen molar-refractivity contribution in [3.8, 4) is 0 Å². The second kappa shape index (κ2) is 5.87. The summed E-state index contributed by atoms with van der Waals surface area (Å²) in [5.41, 5.74) is 5.67. The van der Waals surface area contributed by atoms with Crippen LogP contribution in [0.25, 0.3) is 0 Å². The number of benzene rings is 1. The first kappa shape index (κ1) is 12.2. The van der Waals surface area contributed by atoms with Crippen molar-refractivity contribution < 1.29 is 14.7 Å². The maximum Gasteiger partial charge on any atom is 0.318 e. The van der Waals surface area contributed by atoms with Gasteiger partial charge in [-0.1, -0.05) is 30.3 Å². The quantitative estimate of drug-likeness (QED) is 0.686. The third kappa shape index (κ3) is 3.70. The van der Waals surface area contributed by atoms with E-state index in [1.54, 1.807) is 0 Å². The molecule has 5 heteroatoms. The van der Waals surface area contributed by atoms with Crippen LogP contribution in [0, 0.1) is 0 Å². The SMILES string of the molecule is NC(=O)NC(=O)CC(CO)c1ccccc1. The molecular weight excluding hydrogens is 208 g/mol. The number of aliphatic hydroxyl groups is 1. The highest BCUT2D eigenvalue weighted by Crippen LogP contribution is 2.18. The van der Waals surface area contributed by atoms with E-state index >= 15 is 0 Å². The van der Waals surface area contributed by atoms with Crippen LogP contribution in [0.1, 0.15) is 17.9 Å². The second-order valence-corrected chi connectivity index (χ2v) is 3.41. The Morgan fingerprint density at radius 2 is 1.94 bits per heavy atom. The monoisotopic (exact) mass is 222 g/mol. The van der Waals surface area contributed by atoms with E-state index in [9.17, 15) is 9.59 Å². The summed E-state index contributed by atoms with van der Waals surface area (Å²) in [6, 6.07) is 8.25. The van der Waals surface area contributed by atoms with Crippen molar-refractivity contribution in [2.75, 3.05) is 6.61 Å². The van der Waals surface area contributed by atoms with Gasteiger partial charge in [-0.05, 0) is 5.56 Å². The molecule has 0 bridgehead atoms. The van der Waals surface area contributed by atoms with Gasteiger partial charge in [-0.2, -0.15) is 0 Å². The lowest BCUT2D eigenvalue weighted by molar-refractivity contribution is -0.120. The number of hydrogen-bond donors (Lipinski definition) is 3. The van der Waals surface area contributed by atoms with E-state index in [0.29, 0.717) is 0 Å². The molecule has 5 nitrogen and oxygen atoms in total. The zero-order chi connectivity index (χ0) is 12.0. The van der Waals surface area contributed by atoms with Gasteiger partial charge >= 0.3 is 6.03 Å². The Morgan fingerprint density at radius 3 is 2.44 bits per heavy atom. The highest BCUT2D eigenvalue weighted by Gasteiger charge is 2.15. The van der Waals surface area contributed by atoms with Crippen molar-refractivity contribution in [2.45, 2.75) is 12.3 Å². The van der Waals surface area contributed by atoms with Crippen LogP contribution in [0.5, 0.6) is 0 Å². The molecule has 3 amide bonds. The van der Waals surface area contributed by atoms with Gasteiger partial charge in [0.15, 0.2) is 0 Å². The molecule has 0 fully saturated rings. The molecule has 1 aromatic carbocycles. The van der Waals surface area contributed by atoms with Crippen LogP contribution in [-0.2, 0) is 4.79 Å². The van der Waals surface area contributed by atoms with Crippen LogP contribution in [0.3, 0.4) is 0 Å². The van der Waals surface area contributed by atoms with E-state index in [1.807, 2.05) is 35.6 Å². The predicted octanol–water partition coefficient (Wildman–Crippen LogP) is 0.347. The molecule has 0 aliphatic heterocycles. The second-order valence-electron chi connectivity index (χ2n) is 3.41. The molecule has 1 unspecified atom stereocenters. The molecule has 86 valence electrons. The number of nitrogens with two attached hydrogens (primary N) is 1. The number of rotatable bonds is 4. The largest absolute Gasteiger partial charge is 0.396 e. The zero-order valence-electron chi connectivity index (χ0n) is 8.72. The summed E-state index contributed by atoms with van der Waals surface area (Å²) in [6.07, 6.45) is 0.0312. The Morgan fingerprint density at radius 1 is 1.31 bits per heavy atom. The zero-order valence-corrected chi connectivity index (χ0v) is 8.72. The van der Waals surface area contributed by atoms with Crippen LogP contribution in [-0.4, -0.2) is 23.7 Å². The minimum Gasteiger partial charge on any atom is -0.396 e. The smallest absolute Gasteiger partial charge is 0.318 e. The number of carbonyl (C=O) groups excluding carboxylic acids is 2. The molecule has 1 rings (SSSR count). The Labute approximate surface area is 93.3 Å². The third-order valence-electron chi connectivity index (χ3n) is 2.19. The molecule has 0 aliphatic carbocycles. The van der Waals surface area contributed by atoms with Crippen molar-refractivity contribution >= 4 is 11.9 Å². The number of amides is 3. The van der Waals surface area contributed by atoms with E-state index in [0.717, 1.165) is 5.56 Å². The number of carbonyl (C=O) groups is 2. The average molecular weight is 222 g/mol. The number of nitrogens with one attached hydrogen (secondary N) is 1. The lowest BCUT2D eigenvalue weighted by Crippen LogP contribution is -2.36. The van der Waals surface area contributed by atoms with Gasteiger partial charge in [0.1, 0.15) is 0 Å². The first-order valence-corrected chi connectivity index (χ1v) is 4.88. The summed E-state index contributed by atoms with van der Waals surface area (Å²) in [4.78, 5) is 21.7. The molecule has 0 aliphatic rings. The van der Waals surface area contributed by atoms with Crippen molar-refractivity contribution in [2.24, 2.45) is 5.73 Å². The number of aliphatic hydroxyl groups excluding tert-OH is 1. The molecule has 0 saturated carbocycles. The molecule has 0 aromatic heterocycles. The van der Waals surface area contributed by atoms with E-state index in [1.165, 1.54) is 0 Å². The normalized spacial score (nSPS) is 11.8. The average Bonchev–Trinajstić information content (AvgIpc) is 2.26. The standard InChI is InChI=1S/C11H14N2O3/c12-11(16)13-10(15)6-9(7-14)8-4-2-1-3-5-8/h1-5,9,14H,6-7H2,(H3,12,13,15,16). The topological polar surface area (TPSA) is 92.4 Å². The summed E-state index contributed by atoms with van der Waals surface area (Å²) in [7, 11) is 0. The number of imide groups is 1. The van der Waals surface area contributed by atoms with Gasteiger partial charge in [-0.25, -0.2) is 4.79 Å². The maximum absolute atomic E-state index is 11.3. The first-order valence-electron chi connectivity index (χ1n) is 4.88. The van der Waals surface area contributed by atoms with Crippen LogP contribution in [0.15, 0.2) is 30.3 Å². The fourth-order valence-corrected chi connectivity index (χ4v) is 1.43. The minimum atomic E-state index is -0.880. The van der Waals surface area contributed by atoms with Crippen LogP contribution in [0.4, 0.5) is 4.79 Å².